The van der Waals surface area contributed by atoms with Gasteiger partial charge in [-0.15, -0.1) is 0 Å². The van der Waals surface area contributed by atoms with E-state index in [4.69, 9.17) is 5.73 Å². The maximum absolute atomic E-state index is 13.6. The summed E-state index contributed by atoms with van der Waals surface area (Å²) < 4.78 is 14.0. The van der Waals surface area contributed by atoms with E-state index in [2.05, 4.69) is 21.2 Å². The van der Waals surface area contributed by atoms with E-state index in [0.717, 1.165) is 24.0 Å². The number of nitrogens with zero attached hydrogens (tertiary/aromatic N) is 1. The molecule has 4 N–H and O–H groups in total. The summed E-state index contributed by atoms with van der Waals surface area (Å²) in [7, 11) is 0. The SMILES string of the molecule is CCCN(CCC)C(=O)C1=CC=CC(C(N)=O)([C@H](Cc2ccccc2)[C@@H](O)CNCc2ccc(F)c(Br)c2)C1. The Morgan fingerprint density at radius 1 is 1.13 bits per heavy atom. The number of nitrogens with one attached hydrogen (secondary N) is 1. The zero-order valence-corrected chi connectivity index (χ0v) is 24.3. The van der Waals surface area contributed by atoms with Gasteiger partial charge in [0.15, 0.2) is 0 Å². The van der Waals surface area contributed by atoms with Gasteiger partial charge in [-0.2, -0.15) is 0 Å². The summed E-state index contributed by atoms with van der Waals surface area (Å²) in [6, 6.07) is 14.4. The van der Waals surface area contributed by atoms with Crippen LogP contribution in [0, 0.1) is 17.2 Å². The van der Waals surface area contributed by atoms with Gasteiger partial charge in [0.25, 0.3) is 0 Å². The van der Waals surface area contributed by atoms with Crippen LogP contribution in [0.2, 0.25) is 0 Å². The van der Waals surface area contributed by atoms with Crippen LogP contribution in [0.4, 0.5) is 4.39 Å². The third-order valence-corrected chi connectivity index (χ3v) is 7.88. The molecule has 3 rings (SSSR count). The van der Waals surface area contributed by atoms with E-state index in [9.17, 15) is 19.1 Å². The highest BCUT2D eigenvalue weighted by Gasteiger charge is 2.47. The highest BCUT2D eigenvalue weighted by molar-refractivity contribution is 9.10. The van der Waals surface area contributed by atoms with E-state index in [1.54, 1.807) is 30.4 Å². The predicted octanol–water partition coefficient (Wildman–Crippen LogP) is 4.90. The van der Waals surface area contributed by atoms with Crippen molar-refractivity contribution >= 4 is 27.7 Å². The summed E-state index contributed by atoms with van der Waals surface area (Å²) in [6.45, 7) is 5.92. The number of benzene rings is 2. The van der Waals surface area contributed by atoms with E-state index in [0.29, 0.717) is 36.1 Å². The fourth-order valence-electron chi connectivity index (χ4n) is 5.27. The second-order valence-electron chi connectivity index (χ2n) is 10.2. The van der Waals surface area contributed by atoms with Crippen molar-refractivity contribution in [3.05, 3.63) is 93.7 Å². The molecule has 0 aliphatic heterocycles. The molecule has 0 fully saturated rings. The van der Waals surface area contributed by atoms with E-state index < -0.39 is 23.3 Å². The van der Waals surface area contributed by atoms with Crippen LogP contribution in [0.15, 0.2) is 76.8 Å². The number of carbonyl (C=O) groups excluding carboxylic acids is 2. The molecule has 0 bridgehead atoms. The van der Waals surface area contributed by atoms with Gasteiger partial charge in [-0.05, 0) is 64.9 Å². The van der Waals surface area contributed by atoms with E-state index >= 15 is 0 Å². The molecule has 1 aliphatic carbocycles. The summed E-state index contributed by atoms with van der Waals surface area (Å²) in [5, 5.41) is 14.8. The van der Waals surface area contributed by atoms with Gasteiger partial charge >= 0.3 is 0 Å². The Hall–Kier alpha value is -2.81. The molecule has 3 atom stereocenters. The smallest absolute Gasteiger partial charge is 0.249 e. The number of carbonyl (C=O) groups is 2. The normalized spacial score (nSPS) is 18.3. The van der Waals surface area contributed by atoms with Crippen molar-refractivity contribution in [2.24, 2.45) is 17.1 Å². The third-order valence-electron chi connectivity index (χ3n) is 7.27. The number of rotatable bonds is 14. The standard InChI is InChI=1S/C31H39BrFN3O3/c1-3-15-36(16-4-2)29(38)24-11-8-14-31(19-24,30(34)39)25(17-22-9-6-5-7-10-22)28(37)21-35-20-23-12-13-27(33)26(32)18-23/h5-14,18,25,28,35,37H,3-4,15-17,19-21H2,1-2H3,(H2,34,39)/t25-,28+,31?/m1/s1. The molecule has 8 heteroatoms. The number of nitrogens with two attached hydrogens (primary N) is 1. The minimum Gasteiger partial charge on any atom is -0.391 e. The predicted molar refractivity (Wildman–Crippen MR) is 156 cm³/mol. The van der Waals surface area contributed by atoms with Crippen LogP contribution in [0.3, 0.4) is 0 Å². The molecule has 2 aromatic rings. The first-order chi connectivity index (χ1) is 18.7. The van der Waals surface area contributed by atoms with E-state index in [1.807, 2.05) is 49.1 Å². The molecule has 210 valence electrons. The highest BCUT2D eigenvalue weighted by atomic mass is 79.9. The zero-order chi connectivity index (χ0) is 28.4. The molecular weight excluding hydrogens is 561 g/mol. The van der Waals surface area contributed by atoms with Gasteiger partial charge in [-0.25, -0.2) is 4.39 Å². The number of aliphatic hydroxyl groups excluding tert-OH is 1. The Morgan fingerprint density at radius 3 is 2.44 bits per heavy atom. The number of hydrogen-bond acceptors (Lipinski definition) is 4. The van der Waals surface area contributed by atoms with Crippen LogP contribution < -0.4 is 11.1 Å². The van der Waals surface area contributed by atoms with Crippen LogP contribution in [0.25, 0.3) is 0 Å². The lowest BCUT2D eigenvalue weighted by atomic mass is 9.64. The molecule has 1 aliphatic rings. The Labute approximate surface area is 239 Å². The third kappa shape index (κ3) is 7.87. The van der Waals surface area contributed by atoms with Crippen LogP contribution in [-0.2, 0) is 22.6 Å². The number of halogens is 2. The number of allylic oxidation sites excluding steroid dienone is 2. The molecular formula is C31H39BrFN3O3. The summed E-state index contributed by atoms with van der Waals surface area (Å²) >= 11 is 3.20. The van der Waals surface area contributed by atoms with Crippen LogP contribution in [0.5, 0.6) is 0 Å². The molecule has 0 saturated carbocycles. The van der Waals surface area contributed by atoms with Crippen molar-refractivity contribution < 1.29 is 19.1 Å². The van der Waals surface area contributed by atoms with E-state index in [1.165, 1.54) is 6.07 Å². The van der Waals surface area contributed by atoms with Crippen molar-refractivity contribution in [2.75, 3.05) is 19.6 Å². The van der Waals surface area contributed by atoms with Gasteiger partial charge in [0, 0.05) is 37.7 Å². The average molecular weight is 601 g/mol. The minimum absolute atomic E-state index is 0.0957. The van der Waals surface area contributed by atoms with Crippen LogP contribution in [-0.4, -0.2) is 47.6 Å². The van der Waals surface area contributed by atoms with Crippen LogP contribution >= 0.6 is 15.9 Å². The monoisotopic (exact) mass is 599 g/mol. The topological polar surface area (TPSA) is 95.7 Å². The number of primary amides is 1. The van der Waals surface area contributed by atoms with Gasteiger partial charge in [0.05, 0.1) is 16.0 Å². The molecule has 0 heterocycles. The Bertz CT molecular complexity index is 1180. The van der Waals surface area contributed by atoms with Gasteiger partial charge in [-0.1, -0.05) is 68.5 Å². The second-order valence-corrected chi connectivity index (χ2v) is 11.0. The molecule has 2 aromatic carbocycles. The van der Waals surface area contributed by atoms with Crippen molar-refractivity contribution in [3.8, 4) is 0 Å². The summed E-state index contributed by atoms with van der Waals surface area (Å²) in [6.07, 6.45) is 6.48. The minimum atomic E-state index is -1.25. The van der Waals surface area contributed by atoms with Crippen molar-refractivity contribution in [2.45, 2.75) is 52.2 Å². The molecule has 6 nitrogen and oxygen atoms in total. The first kappa shape index (κ1) is 30.7. The second kappa shape index (κ2) is 14.5. The molecule has 1 unspecified atom stereocenters. The van der Waals surface area contributed by atoms with Crippen molar-refractivity contribution in [3.63, 3.8) is 0 Å². The maximum Gasteiger partial charge on any atom is 0.249 e. The summed E-state index contributed by atoms with van der Waals surface area (Å²) in [5.41, 5.74) is 7.16. The Balaban J connectivity index is 1.87. The number of hydrogen-bond donors (Lipinski definition) is 3. The van der Waals surface area contributed by atoms with Crippen molar-refractivity contribution in [1.82, 2.24) is 10.2 Å². The quantitative estimate of drug-likeness (QED) is 0.288. The number of amides is 2. The Morgan fingerprint density at radius 2 is 1.82 bits per heavy atom. The molecule has 0 saturated heterocycles. The lowest BCUT2D eigenvalue weighted by Gasteiger charge is -2.41. The lowest BCUT2D eigenvalue weighted by molar-refractivity contribution is -0.132. The Kier molecular flexibility index (Phi) is 11.5. The molecule has 0 aromatic heterocycles. The van der Waals surface area contributed by atoms with Crippen molar-refractivity contribution in [1.29, 1.82) is 0 Å². The van der Waals surface area contributed by atoms with Gasteiger partial charge in [0.1, 0.15) is 5.82 Å². The number of aliphatic hydroxyl groups is 1. The highest BCUT2D eigenvalue weighted by Crippen LogP contribution is 2.43. The largest absolute Gasteiger partial charge is 0.391 e. The van der Waals surface area contributed by atoms with Gasteiger partial charge in [0.2, 0.25) is 11.8 Å². The molecule has 39 heavy (non-hydrogen) atoms. The van der Waals surface area contributed by atoms with Gasteiger partial charge in [-0.3, -0.25) is 9.59 Å². The molecule has 0 spiro atoms. The molecule has 2 amide bonds. The fraction of sp³-hybridized carbons (Fsp3) is 0.419. The lowest BCUT2D eigenvalue weighted by Crippen LogP contribution is -2.51. The van der Waals surface area contributed by atoms with Crippen LogP contribution in [0.1, 0.15) is 44.2 Å². The van der Waals surface area contributed by atoms with E-state index in [-0.39, 0.29) is 24.7 Å². The maximum atomic E-state index is 13.6. The summed E-state index contributed by atoms with van der Waals surface area (Å²) in [4.78, 5) is 28.5. The van der Waals surface area contributed by atoms with Gasteiger partial charge < -0.3 is 21.1 Å². The first-order valence-corrected chi connectivity index (χ1v) is 14.3. The average Bonchev–Trinajstić information content (AvgIpc) is 2.93. The molecule has 0 radical (unpaired) electrons. The summed E-state index contributed by atoms with van der Waals surface area (Å²) in [5.74, 6) is -1.61. The fourth-order valence-corrected chi connectivity index (χ4v) is 5.69. The first-order valence-electron chi connectivity index (χ1n) is 13.6. The zero-order valence-electron chi connectivity index (χ0n) is 22.7.